The molecular formula is C15H12ClN3O2. The van der Waals surface area contributed by atoms with Crippen LogP contribution in [0.3, 0.4) is 0 Å². The number of rotatable bonds is 3. The second kappa shape index (κ2) is 5.46. The average molecular weight is 302 g/mol. The predicted molar refractivity (Wildman–Crippen MR) is 84.0 cm³/mol. The zero-order valence-corrected chi connectivity index (χ0v) is 11.7. The molecule has 0 radical (unpaired) electrons. The van der Waals surface area contributed by atoms with Crippen LogP contribution < -0.4 is 16.4 Å². The van der Waals surface area contributed by atoms with Crippen LogP contribution in [-0.4, -0.2) is 10.2 Å². The first-order chi connectivity index (χ1) is 10.1. The molecule has 21 heavy (non-hydrogen) atoms. The molecule has 0 aliphatic carbocycles. The van der Waals surface area contributed by atoms with Gasteiger partial charge in [-0.3, -0.25) is 19.8 Å². The number of hydrogen-bond acceptors (Lipinski definition) is 3. The molecule has 6 heteroatoms. The summed E-state index contributed by atoms with van der Waals surface area (Å²) in [6.07, 6.45) is 0. The van der Waals surface area contributed by atoms with E-state index in [1.807, 2.05) is 12.1 Å². The number of hydrogen-bond donors (Lipinski definition) is 3. The molecule has 3 rings (SSSR count). The van der Waals surface area contributed by atoms with Gasteiger partial charge in [-0.15, -0.1) is 0 Å². The predicted octanol–water partition coefficient (Wildman–Crippen LogP) is 2.48. The number of fused-ring (bicyclic) bond motifs is 1. The fourth-order valence-corrected chi connectivity index (χ4v) is 2.30. The molecule has 0 saturated heterocycles. The van der Waals surface area contributed by atoms with E-state index in [-0.39, 0.29) is 11.1 Å². The van der Waals surface area contributed by atoms with Crippen molar-refractivity contribution in [3.8, 4) is 0 Å². The quantitative estimate of drug-likeness (QED) is 0.695. The van der Waals surface area contributed by atoms with Gasteiger partial charge in [-0.05, 0) is 29.8 Å². The number of aromatic nitrogens is 2. The van der Waals surface area contributed by atoms with Crippen molar-refractivity contribution in [3.05, 3.63) is 73.8 Å². The van der Waals surface area contributed by atoms with Gasteiger partial charge in [0.1, 0.15) is 0 Å². The van der Waals surface area contributed by atoms with Crippen LogP contribution in [0, 0.1) is 0 Å². The Morgan fingerprint density at radius 1 is 0.952 bits per heavy atom. The van der Waals surface area contributed by atoms with E-state index in [1.165, 1.54) is 0 Å². The second-order valence-corrected chi connectivity index (χ2v) is 5.05. The highest BCUT2D eigenvalue weighted by molar-refractivity contribution is 6.30. The first-order valence-electron chi connectivity index (χ1n) is 6.37. The summed E-state index contributed by atoms with van der Waals surface area (Å²) in [5.41, 5.74) is 0.996. The van der Waals surface area contributed by atoms with E-state index in [0.717, 1.165) is 5.56 Å². The first-order valence-corrected chi connectivity index (χ1v) is 6.75. The van der Waals surface area contributed by atoms with E-state index in [0.29, 0.717) is 28.0 Å². The summed E-state index contributed by atoms with van der Waals surface area (Å²) in [6, 6.07) is 12.5. The van der Waals surface area contributed by atoms with Crippen LogP contribution in [0.15, 0.2) is 52.1 Å². The Morgan fingerprint density at radius 2 is 1.67 bits per heavy atom. The Bertz CT molecular complexity index is 897. The lowest BCUT2D eigenvalue weighted by Crippen LogP contribution is -2.20. The Hall–Kier alpha value is -2.53. The van der Waals surface area contributed by atoms with Crippen molar-refractivity contribution in [3.63, 3.8) is 0 Å². The molecule has 1 aromatic heterocycles. The molecule has 0 fully saturated rings. The van der Waals surface area contributed by atoms with E-state index in [4.69, 9.17) is 11.6 Å². The smallest absolute Gasteiger partial charge is 0.272 e. The number of benzene rings is 2. The summed E-state index contributed by atoms with van der Waals surface area (Å²) in [5.74, 6) is 0. The molecule has 0 aliphatic heterocycles. The lowest BCUT2D eigenvalue weighted by molar-refractivity contribution is 0.976. The topological polar surface area (TPSA) is 77.8 Å². The molecule has 106 valence electrons. The van der Waals surface area contributed by atoms with Gasteiger partial charge in [0.15, 0.2) is 0 Å². The summed E-state index contributed by atoms with van der Waals surface area (Å²) >= 11 is 5.84. The van der Waals surface area contributed by atoms with Crippen molar-refractivity contribution >= 4 is 28.1 Å². The third-order valence-corrected chi connectivity index (χ3v) is 3.47. The Kier molecular flexibility index (Phi) is 3.50. The summed E-state index contributed by atoms with van der Waals surface area (Å²) in [4.78, 5) is 23.7. The molecule has 0 bridgehead atoms. The van der Waals surface area contributed by atoms with E-state index in [9.17, 15) is 9.59 Å². The van der Waals surface area contributed by atoms with Crippen LogP contribution in [0.1, 0.15) is 5.56 Å². The maximum atomic E-state index is 11.9. The van der Waals surface area contributed by atoms with Crippen LogP contribution in [-0.2, 0) is 6.54 Å². The van der Waals surface area contributed by atoms with E-state index in [2.05, 4.69) is 15.5 Å². The van der Waals surface area contributed by atoms with Gasteiger partial charge in [-0.25, -0.2) is 0 Å². The van der Waals surface area contributed by atoms with Crippen molar-refractivity contribution in [2.45, 2.75) is 6.54 Å². The van der Waals surface area contributed by atoms with Gasteiger partial charge in [0.2, 0.25) is 0 Å². The molecule has 0 amide bonds. The summed E-state index contributed by atoms with van der Waals surface area (Å²) in [5, 5.41) is 9.22. The monoisotopic (exact) mass is 301 g/mol. The normalized spacial score (nSPS) is 10.7. The molecule has 0 spiro atoms. The number of anilines is 1. The molecule has 0 aliphatic rings. The van der Waals surface area contributed by atoms with Gasteiger partial charge < -0.3 is 5.32 Å². The molecule has 3 aromatic rings. The van der Waals surface area contributed by atoms with Crippen LogP contribution in [0.4, 0.5) is 5.69 Å². The number of nitrogens with one attached hydrogen (secondary N) is 3. The van der Waals surface area contributed by atoms with Gasteiger partial charge in [0, 0.05) is 17.3 Å². The van der Waals surface area contributed by atoms with Gasteiger partial charge in [0.25, 0.3) is 11.1 Å². The summed E-state index contributed by atoms with van der Waals surface area (Å²) < 4.78 is 0. The molecule has 0 unspecified atom stereocenters. The SMILES string of the molecule is O=c1[nH][nH]c(=O)c2c(NCc3ccc(Cl)cc3)cccc12. The van der Waals surface area contributed by atoms with Crippen LogP contribution in [0.2, 0.25) is 5.02 Å². The number of aromatic amines is 2. The fraction of sp³-hybridized carbons (Fsp3) is 0.0667. The fourth-order valence-electron chi connectivity index (χ4n) is 2.18. The zero-order chi connectivity index (χ0) is 14.8. The molecule has 2 aromatic carbocycles. The number of halogens is 1. The minimum absolute atomic E-state index is 0.320. The minimum atomic E-state index is -0.330. The van der Waals surface area contributed by atoms with Crippen molar-refractivity contribution < 1.29 is 0 Å². The van der Waals surface area contributed by atoms with Gasteiger partial charge >= 0.3 is 0 Å². The van der Waals surface area contributed by atoms with Crippen molar-refractivity contribution in [1.82, 2.24) is 10.2 Å². The lowest BCUT2D eigenvalue weighted by atomic mass is 10.1. The minimum Gasteiger partial charge on any atom is -0.380 e. The van der Waals surface area contributed by atoms with Gasteiger partial charge in [-0.1, -0.05) is 29.8 Å². The molecule has 1 heterocycles. The van der Waals surface area contributed by atoms with Crippen LogP contribution in [0.5, 0.6) is 0 Å². The van der Waals surface area contributed by atoms with Crippen molar-refractivity contribution in [2.24, 2.45) is 0 Å². The highest BCUT2D eigenvalue weighted by atomic mass is 35.5. The summed E-state index contributed by atoms with van der Waals surface area (Å²) in [7, 11) is 0. The van der Waals surface area contributed by atoms with Crippen molar-refractivity contribution in [1.29, 1.82) is 0 Å². The summed E-state index contributed by atoms with van der Waals surface area (Å²) in [6.45, 7) is 0.530. The molecule has 0 atom stereocenters. The van der Waals surface area contributed by atoms with Crippen LogP contribution >= 0.6 is 11.6 Å². The maximum absolute atomic E-state index is 11.9. The van der Waals surface area contributed by atoms with E-state index < -0.39 is 0 Å². The molecular weight excluding hydrogens is 290 g/mol. The standard InChI is InChI=1S/C15H12ClN3O2/c16-10-6-4-9(5-7-10)8-17-12-3-1-2-11-13(12)15(21)19-18-14(11)20/h1-7,17H,8H2,(H,18,20)(H,19,21). The van der Waals surface area contributed by atoms with Crippen LogP contribution in [0.25, 0.3) is 10.8 Å². The van der Waals surface area contributed by atoms with Gasteiger partial charge in [-0.2, -0.15) is 0 Å². The molecule has 3 N–H and O–H groups in total. The first kappa shape index (κ1) is 13.5. The van der Waals surface area contributed by atoms with Crippen molar-refractivity contribution in [2.75, 3.05) is 5.32 Å². The largest absolute Gasteiger partial charge is 0.380 e. The average Bonchev–Trinajstić information content (AvgIpc) is 2.50. The third kappa shape index (κ3) is 2.68. The Labute approximate surface area is 124 Å². The third-order valence-electron chi connectivity index (χ3n) is 3.22. The molecule has 5 nitrogen and oxygen atoms in total. The highest BCUT2D eigenvalue weighted by Gasteiger charge is 2.07. The number of H-pyrrole nitrogens is 2. The van der Waals surface area contributed by atoms with E-state index in [1.54, 1.807) is 30.3 Å². The van der Waals surface area contributed by atoms with E-state index >= 15 is 0 Å². The lowest BCUT2D eigenvalue weighted by Gasteiger charge is -2.09. The Morgan fingerprint density at radius 3 is 2.43 bits per heavy atom. The molecule has 0 saturated carbocycles. The second-order valence-electron chi connectivity index (χ2n) is 4.62. The van der Waals surface area contributed by atoms with Gasteiger partial charge in [0.05, 0.1) is 10.8 Å². The zero-order valence-electron chi connectivity index (χ0n) is 10.9. The Balaban J connectivity index is 1.98. The highest BCUT2D eigenvalue weighted by Crippen LogP contribution is 2.18. The maximum Gasteiger partial charge on any atom is 0.272 e.